The number of ether oxygens (including phenoxy) is 2. The van der Waals surface area contributed by atoms with E-state index in [1.54, 1.807) is 7.11 Å². The summed E-state index contributed by atoms with van der Waals surface area (Å²) in [5.41, 5.74) is 5.39. The number of methoxy groups -OCH3 is 1. The minimum absolute atomic E-state index is 0.283. The smallest absolute Gasteiger partial charge is 0.120 e. The molecule has 3 nitrogen and oxygen atoms in total. The molecule has 1 aromatic carbocycles. The zero-order chi connectivity index (χ0) is 11.3. The van der Waals surface area contributed by atoms with Crippen LogP contribution in [0.2, 0.25) is 0 Å². The molecule has 1 aromatic rings. The Balaban J connectivity index is 2.71. The number of nitrogens with two attached hydrogens (primary N) is 1. The molecule has 3 heteroatoms. The van der Waals surface area contributed by atoms with Crippen LogP contribution in [-0.2, 0) is 0 Å². The van der Waals surface area contributed by atoms with Crippen molar-refractivity contribution in [1.29, 1.82) is 0 Å². The maximum Gasteiger partial charge on any atom is 0.120 e. The van der Waals surface area contributed by atoms with E-state index >= 15 is 0 Å². The van der Waals surface area contributed by atoms with E-state index in [4.69, 9.17) is 15.2 Å². The number of rotatable bonds is 5. The molecule has 0 saturated carbocycles. The van der Waals surface area contributed by atoms with Crippen molar-refractivity contribution in [1.82, 2.24) is 0 Å². The minimum atomic E-state index is -0.283. The van der Waals surface area contributed by atoms with Gasteiger partial charge in [0.15, 0.2) is 0 Å². The standard InChI is InChI=1S/C12H19NO2/c1-4-12(2,9-13)15-11-7-5-10(14-3)6-8-11/h5-8H,4,9,13H2,1-3H3. The maximum atomic E-state index is 5.82. The zero-order valence-corrected chi connectivity index (χ0v) is 9.62. The van der Waals surface area contributed by atoms with Gasteiger partial charge in [-0.25, -0.2) is 0 Å². The molecule has 2 N–H and O–H groups in total. The Bertz CT molecular complexity index is 291. The molecule has 0 bridgehead atoms. The van der Waals surface area contributed by atoms with Gasteiger partial charge in [-0.15, -0.1) is 0 Å². The normalized spacial score (nSPS) is 14.4. The molecule has 0 amide bonds. The second kappa shape index (κ2) is 5.03. The van der Waals surface area contributed by atoms with Gasteiger partial charge in [0.2, 0.25) is 0 Å². The molecule has 0 radical (unpaired) electrons. The molecule has 0 fully saturated rings. The number of hydrogen-bond donors (Lipinski definition) is 1. The highest BCUT2D eigenvalue weighted by Crippen LogP contribution is 2.22. The lowest BCUT2D eigenvalue weighted by atomic mass is 10.0. The molecule has 0 spiro atoms. The van der Waals surface area contributed by atoms with Gasteiger partial charge in [-0.2, -0.15) is 0 Å². The van der Waals surface area contributed by atoms with Gasteiger partial charge in [0.05, 0.1) is 7.11 Å². The van der Waals surface area contributed by atoms with E-state index in [1.165, 1.54) is 0 Å². The Morgan fingerprint density at radius 3 is 2.13 bits per heavy atom. The van der Waals surface area contributed by atoms with Gasteiger partial charge in [-0.3, -0.25) is 0 Å². The summed E-state index contributed by atoms with van der Waals surface area (Å²) in [5, 5.41) is 0. The predicted molar refractivity (Wildman–Crippen MR) is 61.4 cm³/mol. The second-order valence-corrected chi connectivity index (χ2v) is 3.79. The first-order valence-corrected chi connectivity index (χ1v) is 5.16. The maximum absolute atomic E-state index is 5.82. The fourth-order valence-electron chi connectivity index (χ4n) is 1.19. The largest absolute Gasteiger partial charge is 0.497 e. The fourth-order valence-corrected chi connectivity index (χ4v) is 1.19. The molecular weight excluding hydrogens is 190 g/mol. The predicted octanol–water partition coefficient (Wildman–Crippen LogP) is 2.20. The third kappa shape index (κ3) is 3.13. The quantitative estimate of drug-likeness (QED) is 0.808. The molecule has 0 heterocycles. The van der Waals surface area contributed by atoms with Crippen LogP contribution in [0.25, 0.3) is 0 Å². The van der Waals surface area contributed by atoms with Crippen LogP contribution in [0.15, 0.2) is 24.3 Å². The summed E-state index contributed by atoms with van der Waals surface area (Å²) in [6.45, 7) is 4.59. The average Bonchev–Trinajstić information content (AvgIpc) is 2.30. The van der Waals surface area contributed by atoms with Crippen molar-refractivity contribution in [3.63, 3.8) is 0 Å². The lowest BCUT2D eigenvalue weighted by Gasteiger charge is -2.28. The summed E-state index contributed by atoms with van der Waals surface area (Å²) in [6, 6.07) is 7.54. The van der Waals surface area contributed by atoms with E-state index in [2.05, 4.69) is 6.92 Å². The summed E-state index contributed by atoms with van der Waals surface area (Å²) < 4.78 is 10.9. The summed E-state index contributed by atoms with van der Waals surface area (Å²) in [5.74, 6) is 1.65. The molecule has 1 atom stereocenters. The van der Waals surface area contributed by atoms with Crippen molar-refractivity contribution in [3.8, 4) is 11.5 Å². The van der Waals surface area contributed by atoms with E-state index in [0.717, 1.165) is 17.9 Å². The molecule has 0 aliphatic rings. The van der Waals surface area contributed by atoms with Crippen LogP contribution >= 0.6 is 0 Å². The summed E-state index contributed by atoms with van der Waals surface area (Å²) in [4.78, 5) is 0. The molecule has 84 valence electrons. The monoisotopic (exact) mass is 209 g/mol. The second-order valence-electron chi connectivity index (χ2n) is 3.79. The van der Waals surface area contributed by atoms with Gasteiger partial charge in [0.25, 0.3) is 0 Å². The highest BCUT2D eigenvalue weighted by molar-refractivity contribution is 5.31. The average molecular weight is 209 g/mol. The Hall–Kier alpha value is -1.22. The van der Waals surface area contributed by atoms with E-state index in [-0.39, 0.29) is 5.60 Å². The van der Waals surface area contributed by atoms with Gasteiger partial charge < -0.3 is 15.2 Å². The molecule has 0 aliphatic carbocycles. The van der Waals surface area contributed by atoms with Crippen molar-refractivity contribution in [2.45, 2.75) is 25.9 Å². The molecule has 0 saturated heterocycles. The number of hydrogen-bond acceptors (Lipinski definition) is 3. The lowest BCUT2D eigenvalue weighted by Crippen LogP contribution is -2.39. The van der Waals surface area contributed by atoms with Crippen molar-refractivity contribution in [3.05, 3.63) is 24.3 Å². The SMILES string of the molecule is CCC(C)(CN)Oc1ccc(OC)cc1. The zero-order valence-electron chi connectivity index (χ0n) is 9.62. The minimum Gasteiger partial charge on any atom is -0.497 e. The van der Waals surface area contributed by atoms with Crippen molar-refractivity contribution >= 4 is 0 Å². The Labute approximate surface area is 91.2 Å². The van der Waals surface area contributed by atoms with Crippen molar-refractivity contribution < 1.29 is 9.47 Å². The van der Waals surface area contributed by atoms with Crippen LogP contribution in [0, 0.1) is 0 Å². The Morgan fingerprint density at radius 2 is 1.73 bits per heavy atom. The summed E-state index contributed by atoms with van der Waals surface area (Å²) >= 11 is 0. The van der Waals surface area contributed by atoms with Gasteiger partial charge in [0, 0.05) is 6.54 Å². The highest BCUT2D eigenvalue weighted by Gasteiger charge is 2.21. The Morgan fingerprint density at radius 1 is 1.20 bits per heavy atom. The Kier molecular flexibility index (Phi) is 3.97. The first-order valence-electron chi connectivity index (χ1n) is 5.16. The topological polar surface area (TPSA) is 44.5 Å². The van der Waals surface area contributed by atoms with Crippen LogP contribution in [-0.4, -0.2) is 19.3 Å². The van der Waals surface area contributed by atoms with E-state index in [1.807, 2.05) is 31.2 Å². The fraction of sp³-hybridized carbons (Fsp3) is 0.500. The molecule has 0 aromatic heterocycles. The lowest BCUT2D eigenvalue weighted by molar-refractivity contribution is 0.0934. The number of benzene rings is 1. The van der Waals surface area contributed by atoms with Gasteiger partial charge in [0.1, 0.15) is 17.1 Å². The van der Waals surface area contributed by atoms with E-state index < -0.39 is 0 Å². The first-order chi connectivity index (χ1) is 7.13. The van der Waals surface area contributed by atoms with Gasteiger partial charge >= 0.3 is 0 Å². The van der Waals surface area contributed by atoms with Crippen molar-refractivity contribution in [2.75, 3.05) is 13.7 Å². The van der Waals surface area contributed by atoms with Crippen molar-refractivity contribution in [2.24, 2.45) is 5.73 Å². The van der Waals surface area contributed by atoms with Crippen LogP contribution in [0.3, 0.4) is 0 Å². The summed E-state index contributed by atoms with van der Waals surface area (Å²) in [6.07, 6.45) is 0.884. The molecular formula is C12H19NO2. The highest BCUT2D eigenvalue weighted by atomic mass is 16.5. The van der Waals surface area contributed by atoms with E-state index in [9.17, 15) is 0 Å². The summed E-state index contributed by atoms with van der Waals surface area (Å²) in [7, 11) is 1.64. The third-order valence-electron chi connectivity index (χ3n) is 2.60. The molecule has 1 rings (SSSR count). The van der Waals surface area contributed by atoms with E-state index in [0.29, 0.717) is 6.54 Å². The third-order valence-corrected chi connectivity index (χ3v) is 2.60. The van der Waals surface area contributed by atoms with Gasteiger partial charge in [-0.05, 0) is 37.6 Å². The first kappa shape index (κ1) is 11.9. The van der Waals surface area contributed by atoms with Crippen LogP contribution < -0.4 is 15.2 Å². The van der Waals surface area contributed by atoms with Crippen LogP contribution in [0.5, 0.6) is 11.5 Å². The molecule has 0 aliphatic heterocycles. The van der Waals surface area contributed by atoms with Gasteiger partial charge in [-0.1, -0.05) is 6.92 Å². The van der Waals surface area contributed by atoms with Crippen LogP contribution in [0.4, 0.5) is 0 Å². The molecule has 15 heavy (non-hydrogen) atoms. The molecule has 1 unspecified atom stereocenters. The van der Waals surface area contributed by atoms with Crippen LogP contribution in [0.1, 0.15) is 20.3 Å².